The van der Waals surface area contributed by atoms with Gasteiger partial charge in [0.2, 0.25) is 0 Å². The van der Waals surface area contributed by atoms with E-state index in [0.717, 1.165) is 12.2 Å². The zero-order valence-corrected chi connectivity index (χ0v) is 17.6. The first-order valence-electron chi connectivity index (χ1n) is 9.87. The maximum absolute atomic E-state index is 14.1. The lowest BCUT2D eigenvalue weighted by molar-refractivity contribution is -0.129. The number of rotatable bonds is 8. The molecule has 0 aliphatic carbocycles. The maximum Gasteiger partial charge on any atom is 0.335 e. The second kappa shape index (κ2) is 10.6. The number of benzene rings is 3. The van der Waals surface area contributed by atoms with Crippen molar-refractivity contribution in [2.45, 2.75) is 12.9 Å². The molecule has 0 saturated heterocycles. The van der Waals surface area contributed by atoms with E-state index < -0.39 is 35.9 Å². The number of hydrogen-bond acceptors (Lipinski definition) is 4. The second-order valence-electron chi connectivity index (χ2n) is 6.89. The number of ether oxygens (including phenoxy) is 2. The van der Waals surface area contributed by atoms with Gasteiger partial charge < -0.3 is 9.47 Å². The molecule has 3 aromatic rings. The molecule has 174 valence electrons. The van der Waals surface area contributed by atoms with Gasteiger partial charge in [-0.25, -0.2) is 27.2 Å². The van der Waals surface area contributed by atoms with Crippen molar-refractivity contribution >= 4 is 11.9 Å². The van der Waals surface area contributed by atoms with Crippen LogP contribution >= 0.6 is 0 Å². The lowest BCUT2D eigenvalue weighted by atomic mass is 9.89. The third-order valence-corrected chi connectivity index (χ3v) is 4.82. The van der Waals surface area contributed by atoms with E-state index in [9.17, 15) is 27.2 Å². The summed E-state index contributed by atoms with van der Waals surface area (Å²) in [6.45, 7) is 6.56. The van der Waals surface area contributed by atoms with Crippen LogP contribution in [-0.4, -0.2) is 11.9 Å². The number of hydrogen-bond donors (Lipinski definition) is 0. The molecule has 0 aromatic heterocycles. The number of carbonyl (C=O) groups is 2. The molecule has 0 aliphatic rings. The van der Waals surface area contributed by atoms with E-state index in [-0.39, 0.29) is 33.8 Å². The van der Waals surface area contributed by atoms with Gasteiger partial charge in [0.05, 0.1) is 0 Å². The molecular weight excluding hydrogens is 452 g/mol. The minimum Gasteiger partial charge on any atom is -0.423 e. The van der Waals surface area contributed by atoms with Gasteiger partial charge >= 0.3 is 11.9 Å². The summed E-state index contributed by atoms with van der Waals surface area (Å²) in [6.07, 6.45) is -4.45. The SMILES string of the molecule is C=CC(=O)Oc1ccc(-c2ccc(-c3ccc(OC(=O)C=C)cc3)c(C(F)F)c2C(F)F)cc1. The lowest BCUT2D eigenvalue weighted by Crippen LogP contribution is -2.04. The number of alkyl halides is 4. The molecule has 0 unspecified atom stereocenters. The predicted molar refractivity (Wildman–Crippen MR) is 119 cm³/mol. The van der Waals surface area contributed by atoms with Crippen molar-refractivity contribution in [2.24, 2.45) is 0 Å². The van der Waals surface area contributed by atoms with Gasteiger partial charge in [-0.2, -0.15) is 0 Å². The lowest BCUT2D eigenvalue weighted by Gasteiger charge is -2.19. The molecule has 0 saturated carbocycles. The standard InChI is InChI=1S/C26H18F4O4/c1-3-21(31)33-17-9-5-15(6-10-17)19-13-14-20(24(26(29)30)23(19)25(27)28)16-7-11-18(12-8-16)34-22(32)4-2/h3-14,25-26H,1-2H2. The van der Waals surface area contributed by atoms with Gasteiger partial charge in [0, 0.05) is 23.3 Å². The van der Waals surface area contributed by atoms with Crippen LogP contribution in [0.5, 0.6) is 11.5 Å². The fourth-order valence-electron chi connectivity index (χ4n) is 3.33. The number of esters is 2. The Bertz CT molecular complexity index is 1120. The van der Waals surface area contributed by atoms with E-state index in [4.69, 9.17) is 9.47 Å². The van der Waals surface area contributed by atoms with Crippen molar-refractivity contribution in [1.82, 2.24) is 0 Å². The largest absolute Gasteiger partial charge is 0.423 e. The zero-order valence-electron chi connectivity index (χ0n) is 17.6. The third kappa shape index (κ3) is 5.40. The highest BCUT2D eigenvalue weighted by Gasteiger charge is 2.27. The number of carbonyl (C=O) groups excluding carboxylic acids is 2. The van der Waals surface area contributed by atoms with Gasteiger partial charge in [0.15, 0.2) is 0 Å². The van der Waals surface area contributed by atoms with Gasteiger partial charge in [-0.1, -0.05) is 49.6 Å². The highest BCUT2D eigenvalue weighted by Crippen LogP contribution is 2.43. The molecular formula is C26H18F4O4. The summed E-state index contributed by atoms with van der Waals surface area (Å²) in [5, 5.41) is 0. The van der Waals surface area contributed by atoms with E-state index in [1.165, 1.54) is 60.7 Å². The van der Waals surface area contributed by atoms with Crippen molar-refractivity contribution in [3.8, 4) is 33.8 Å². The molecule has 3 rings (SSSR count). The third-order valence-electron chi connectivity index (χ3n) is 4.82. The summed E-state index contributed by atoms with van der Waals surface area (Å²) in [6, 6.07) is 13.7. The van der Waals surface area contributed by atoms with Crippen molar-refractivity contribution in [2.75, 3.05) is 0 Å². The highest BCUT2D eigenvalue weighted by atomic mass is 19.3. The fraction of sp³-hybridized carbons (Fsp3) is 0.0769. The Balaban J connectivity index is 2.07. The van der Waals surface area contributed by atoms with Crippen molar-refractivity contribution in [3.05, 3.63) is 97.1 Å². The number of halogens is 4. The summed E-state index contributed by atoms with van der Waals surface area (Å²) in [4.78, 5) is 22.6. The molecule has 0 amide bonds. The van der Waals surface area contributed by atoms with E-state index in [1.54, 1.807) is 0 Å². The van der Waals surface area contributed by atoms with E-state index in [1.807, 2.05) is 0 Å². The molecule has 3 aromatic carbocycles. The summed E-state index contributed by atoms with van der Waals surface area (Å²) >= 11 is 0. The molecule has 0 N–H and O–H groups in total. The fourth-order valence-corrected chi connectivity index (χ4v) is 3.33. The Morgan fingerprint density at radius 1 is 0.618 bits per heavy atom. The first-order valence-corrected chi connectivity index (χ1v) is 9.87. The Hall–Kier alpha value is -4.20. The molecule has 34 heavy (non-hydrogen) atoms. The average Bonchev–Trinajstić information content (AvgIpc) is 2.83. The second-order valence-corrected chi connectivity index (χ2v) is 6.89. The smallest absolute Gasteiger partial charge is 0.335 e. The van der Waals surface area contributed by atoms with Crippen molar-refractivity contribution < 1.29 is 36.6 Å². The Morgan fingerprint density at radius 3 is 1.21 bits per heavy atom. The first kappa shape index (κ1) is 24.4. The first-order chi connectivity index (χ1) is 16.2. The molecule has 0 heterocycles. The van der Waals surface area contributed by atoms with Crippen LogP contribution in [0.15, 0.2) is 86.0 Å². The average molecular weight is 470 g/mol. The van der Waals surface area contributed by atoms with E-state index in [2.05, 4.69) is 13.2 Å². The van der Waals surface area contributed by atoms with Crippen LogP contribution in [-0.2, 0) is 9.59 Å². The zero-order chi connectivity index (χ0) is 24.8. The summed E-state index contributed by atoms with van der Waals surface area (Å²) in [5.74, 6) is -1.10. The monoisotopic (exact) mass is 470 g/mol. The van der Waals surface area contributed by atoms with Gasteiger partial charge in [-0.3, -0.25) is 0 Å². The topological polar surface area (TPSA) is 52.6 Å². The molecule has 0 radical (unpaired) electrons. The van der Waals surface area contributed by atoms with Gasteiger partial charge in [-0.15, -0.1) is 0 Å². The van der Waals surface area contributed by atoms with Gasteiger partial charge in [0.25, 0.3) is 12.9 Å². The molecule has 0 fully saturated rings. The Morgan fingerprint density at radius 2 is 0.941 bits per heavy atom. The molecule has 0 aliphatic heterocycles. The minimum atomic E-state index is -3.19. The van der Waals surface area contributed by atoms with Crippen LogP contribution in [0.2, 0.25) is 0 Å². The summed E-state index contributed by atoms with van der Waals surface area (Å²) in [5.41, 5.74) is -1.27. The van der Waals surface area contributed by atoms with Crippen molar-refractivity contribution in [3.63, 3.8) is 0 Å². The molecule has 4 nitrogen and oxygen atoms in total. The van der Waals surface area contributed by atoms with Gasteiger partial charge in [0.1, 0.15) is 11.5 Å². The maximum atomic E-state index is 14.1. The Kier molecular flexibility index (Phi) is 7.63. The van der Waals surface area contributed by atoms with Crippen LogP contribution in [0.1, 0.15) is 24.0 Å². The van der Waals surface area contributed by atoms with Crippen LogP contribution in [0, 0.1) is 0 Å². The van der Waals surface area contributed by atoms with Crippen molar-refractivity contribution in [1.29, 1.82) is 0 Å². The molecule has 8 heteroatoms. The van der Waals surface area contributed by atoms with E-state index in [0.29, 0.717) is 0 Å². The van der Waals surface area contributed by atoms with E-state index >= 15 is 0 Å². The normalized spacial score (nSPS) is 10.8. The van der Waals surface area contributed by atoms with Crippen LogP contribution < -0.4 is 9.47 Å². The predicted octanol–water partition coefficient (Wildman–Crippen LogP) is 7.08. The molecule has 0 atom stereocenters. The van der Waals surface area contributed by atoms with Crippen LogP contribution in [0.3, 0.4) is 0 Å². The molecule has 0 spiro atoms. The highest BCUT2D eigenvalue weighted by molar-refractivity contribution is 5.84. The quantitative estimate of drug-likeness (QED) is 0.153. The summed E-state index contributed by atoms with van der Waals surface area (Å²) in [7, 11) is 0. The molecule has 0 bridgehead atoms. The van der Waals surface area contributed by atoms with Crippen LogP contribution in [0.4, 0.5) is 17.6 Å². The van der Waals surface area contributed by atoms with Crippen LogP contribution in [0.25, 0.3) is 22.3 Å². The minimum absolute atomic E-state index is 0.0767. The Labute approximate surface area is 192 Å². The summed E-state index contributed by atoms with van der Waals surface area (Å²) < 4.78 is 66.3. The van der Waals surface area contributed by atoms with Gasteiger partial charge in [-0.05, 0) is 46.5 Å².